The van der Waals surface area contributed by atoms with E-state index in [1.54, 1.807) is 0 Å². The van der Waals surface area contributed by atoms with Gasteiger partial charge < -0.3 is 5.73 Å². The first-order chi connectivity index (χ1) is 5.24. The molecule has 11 heavy (non-hydrogen) atoms. The van der Waals surface area contributed by atoms with Crippen molar-refractivity contribution in [3.63, 3.8) is 0 Å². The van der Waals surface area contributed by atoms with Crippen molar-refractivity contribution in [2.45, 2.75) is 18.2 Å². The van der Waals surface area contributed by atoms with Gasteiger partial charge in [-0.2, -0.15) is 0 Å². The van der Waals surface area contributed by atoms with Crippen molar-refractivity contribution in [2.75, 3.05) is 6.54 Å². The zero-order valence-electron chi connectivity index (χ0n) is 6.67. The molecule has 0 radical (unpaired) electrons. The van der Waals surface area contributed by atoms with E-state index in [9.17, 15) is 0 Å². The highest BCUT2D eigenvalue weighted by molar-refractivity contribution is 7.80. The Morgan fingerprint density at radius 3 is 2.82 bits per heavy atom. The summed E-state index contributed by atoms with van der Waals surface area (Å²) in [5.41, 5.74) is 7.96. The van der Waals surface area contributed by atoms with Crippen LogP contribution in [0, 0.1) is 6.92 Å². The Balaban J connectivity index is 2.93. The third kappa shape index (κ3) is 2.24. The molecule has 0 bridgehead atoms. The van der Waals surface area contributed by atoms with E-state index in [0.29, 0.717) is 6.54 Å². The molecule has 1 nitrogen and oxygen atoms in total. The number of hydrogen-bond donors (Lipinski definition) is 2. The molecule has 0 saturated heterocycles. The summed E-state index contributed by atoms with van der Waals surface area (Å²) in [4.78, 5) is 1.04. The average molecular weight is 167 g/mol. The minimum atomic E-state index is 0.691. The van der Waals surface area contributed by atoms with Crippen molar-refractivity contribution >= 4 is 12.6 Å². The minimum absolute atomic E-state index is 0.691. The van der Waals surface area contributed by atoms with E-state index in [0.717, 1.165) is 11.3 Å². The summed E-state index contributed by atoms with van der Waals surface area (Å²) in [6.45, 7) is 2.77. The maximum Gasteiger partial charge on any atom is 0.00727 e. The fourth-order valence-corrected chi connectivity index (χ4v) is 1.32. The van der Waals surface area contributed by atoms with Crippen molar-refractivity contribution in [1.82, 2.24) is 0 Å². The summed E-state index contributed by atoms with van der Waals surface area (Å²) in [6, 6.07) is 6.21. The fourth-order valence-electron chi connectivity index (χ4n) is 1.07. The second-order valence-electron chi connectivity index (χ2n) is 2.67. The van der Waals surface area contributed by atoms with Crippen LogP contribution in [0.3, 0.4) is 0 Å². The van der Waals surface area contributed by atoms with Crippen LogP contribution in [0.2, 0.25) is 0 Å². The number of rotatable bonds is 2. The van der Waals surface area contributed by atoms with E-state index in [-0.39, 0.29) is 0 Å². The summed E-state index contributed by atoms with van der Waals surface area (Å²) in [5.74, 6) is 0. The van der Waals surface area contributed by atoms with Crippen LogP contribution in [-0.4, -0.2) is 6.54 Å². The second-order valence-corrected chi connectivity index (χ2v) is 3.15. The smallest absolute Gasteiger partial charge is 0.00727 e. The molecule has 2 N–H and O–H groups in total. The maximum absolute atomic E-state index is 5.45. The molecule has 0 spiro atoms. The van der Waals surface area contributed by atoms with Crippen molar-refractivity contribution in [3.05, 3.63) is 29.3 Å². The Morgan fingerprint density at radius 1 is 1.45 bits per heavy atom. The largest absolute Gasteiger partial charge is 0.330 e. The number of benzene rings is 1. The Hall–Kier alpha value is -0.470. The summed E-state index contributed by atoms with van der Waals surface area (Å²) in [5, 5.41) is 0. The third-order valence-electron chi connectivity index (χ3n) is 1.65. The van der Waals surface area contributed by atoms with Crippen LogP contribution in [0.4, 0.5) is 0 Å². The highest BCUT2D eigenvalue weighted by Gasteiger charge is 1.96. The molecule has 0 aliphatic rings. The van der Waals surface area contributed by atoms with Gasteiger partial charge in [0.05, 0.1) is 0 Å². The molecule has 0 aromatic heterocycles. The monoisotopic (exact) mass is 167 g/mol. The lowest BCUT2D eigenvalue weighted by Gasteiger charge is -2.03. The molecular weight excluding hydrogens is 154 g/mol. The molecule has 1 rings (SSSR count). The molecule has 0 heterocycles. The first-order valence-electron chi connectivity index (χ1n) is 3.72. The molecule has 0 amide bonds. The van der Waals surface area contributed by atoms with Crippen LogP contribution in [0.5, 0.6) is 0 Å². The first kappa shape index (κ1) is 8.62. The van der Waals surface area contributed by atoms with E-state index in [4.69, 9.17) is 5.73 Å². The molecule has 0 saturated carbocycles. The van der Waals surface area contributed by atoms with Gasteiger partial charge in [0.15, 0.2) is 0 Å². The highest BCUT2D eigenvalue weighted by Crippen LogP contribution is 2.15. The molecule has 0 aliphatic heterocycles. The van der Waals surface area contributed by atoms with Gasteiger partial charge in [0.2, 0.25) is 0 Å². The van der Waals surface area contributed by atoms with Crippen molar-refractivity contribution in [3.8, 4) is 0 Å². The van der Waals surface area contributed by atoms with Gasteiger partial charge in [0.1, 0.15) is 0 Å². The quantitative estimate of drug-likeness (QED) is 0.645. The normalized spacial score (nSPS) is 10.1. The van der Waals surface area contributed by atoms with Gasteiger partial charge in [-0.25, -0.2) is 0 Å². The van der Waals surface area contributed by atoms with E-state index in [1.165, 1.54) is 11.1 Å². The molecule has 0 fully saturated rings. The summed E-state index contributed by atoms with van der Waals surface area (Å²) in [6.07, 6.45) is 0.917. The van der Waals surface area contributed by atoms with Gasteiger partial charge in [-0.3, -0.25) is 0 Å². The van der Waals surface area contributed by atoms with Gasteiger partial charge in [-0.05, 0) is 31.5 Å². The highest BCUT2D eigenvalue weighted by atomic mass is 32.1. The molecule has 1 aromatic carbocycles. The van der Waals surface area contributed by atoms with E-state index in [1.807, 2.05) is 6.07 Å². The van der Waals surface area contributed by atoms with E-state index < -0.39 is 0 Å². The maximum atomic E-state index is 5.45. The number of aryl methyl sites for hydroxylation is 1. The predicted molar refractivity (Wildman–Crippen MR) is 51.2 cm³/mol. The lowest BCUT2D eigenvalue weighted by molar-refractivity contribution is 0.943. The van der Waals surface area contributed by atoms with Crippen molar-refractivity contribution in [1.29, 1.82) is 0 Å². The lowest BCUT2D eigenvalue weighted by atomic mass is 10.1. The standard InChI is InChI=1S/C9H13NS/c1-7-2-3-9(11)8(6-7)4-5-10/h2-3,6,11H,4-5,10H2,1H3. The van der Waals surface area contributed by atoms with Crippen LogP contribution in [0.15, 0.2) is 23.1 Å². The first-order valence-corrected chi connectivity index (χ1v) is 4.17. The Bertz CT molecular complexity index is 245. The summed E-state index contributed by atoms with van der Waals surface area (Å²) < 4.78 is 0. The topological polar surface area (TPSA) is 26.0 Å². The zero-order chi connectivity index (χ0) is 8.27. The predicted octanol–water partition coefficient (Wildman–Crippen LogP) is 1.78. The van der Waals surface area contributed by atoms with Gasteiger partial charge in [-0.1, -0.05) is 17.7 Å². The average Bonchev–Trinajstić information content (AvgIpc) is 1.98. The van der Waals surface area contributed by atoms with Crippen LogP contribution in [0.25, 0.3) is 0 Å². The summed E-state index contributed by atoms with van der Waals surface area (Å²) >= 11 is 4.32. The molecule has 2 heteroatoms. The van der Waals surface area contributed by atoms with Crippen LogP contribution < -0.4 is 5.73 Å². The minimum Gasteiger partial charge on any atom is -0.330 e. The Labute approximate surface area is 73.0 Å². The Morgan fingerprint density at radius 2 is 2.18 bits per heavy atom. The molecule has 0 unspecified atom stereocenters. The fraction of sp³-hybridized carbons (Fsp3) is 0.333. The number of thiol groups is 1. The Kier molecular flexibility index (Phi) is 2.97. The number of nitrogens with two attached hydrogens (primary N) is 1. The second kappa shape index (κ2) is 3.79. The van der Waals surface area contributed by atoms with Crippen LogP contribution in [0.1, 0.15) is 11.1 Å². The van der Waals surface area contributed by atoms with Crippen LogP contribution in [-0.2, 0) is 6.42 Å². The molecule has 1 aromatic rings. The molecule has 0 aliphatic carbocycles. The van der Waals surface area contributed by atoms with Crippen molar-refractivity contribution < 1.29 is 0 Å². The van der Waals surface area contributed by atoms with Gasteiger partial charge >= 0.3 is 0 Å². The zero-order valence-corrected chi connectivity index (χ0v) is 7.57. The van der Waals surface area contributed by atoms with Gasteiger partial charge in [0.25, 0.3) is 0 Å². The summed E-state index contributed by atoms with van der Waals surface area (Å²) in [7, 11) is 0. The van der Waals surface area contributed by atoms with E-state index in [2.05, 4.69) is 31.7 Å². The molecule has 60 valence electrons. The van der Waals surface area contributed by atoms with E-state index >= 15 is 0 Å². The van der Waals surface area contributed by atoms with Crippen molar-refractivity contribution in [2.24, 2.45) is 5.73 Å². The SMILES string of the molecule is Cc1ccc(S)c(CCN)c1. The van der Waals surface area contributed by atoms with Crippen LogP contribution >= 0.6 is 12.6 Å². The number of hydrogen-bond acceptors (Lipinski definition) is 2. The molecule has 0 atom stereocenters. The molecular formula is C9H13NS. The lowest BCUT2D eigenvalue weighted by Crippen LogP contribution is -2.03. The van der Waals surface area contributed by atoms with Gasteiger partial charge in [-0.15, -0.1) is 12.6 Å². The van der Waals surface area contributed by atoms with Gasteiger partial charge in [0, 0.05) is 4.90 Å². The third-order valence-corrected chi connectivity index (χ3v) is 2.08.